The summed E-state index contributed by atoms with van der Waals surface area (Å²) < 4.78 is 5.61. The Hall–Kier alpha value is -2.23. The topological polar surface area (TPSA) is 54.3 Å². The summed E-state index contributed by atoms with van der Waals surface area (Å²) in [7, 11) is 1.63. The summed E-state index contributed by atoms with van der Waals surface area (Å²) in [6, 6.07) is 9.57. The molecule has 1 amide bonds. The van der Waals surface area contributed by atoms with Crippen LogP contribution in [0.15, 0.2) is 34.7 Å². The molecule has 0 bridgehead atoms. The maximum atomic E-state index is 11.7. The van der Waals surface area contributed by atoms with Crippen LogP contribution in [0.4, 0.5) is 5.69 Å². The number of rotatable bonds is 4. The fourth-order valence-electron chi connectivity index (χ4n) is 2.05. The lowest BCUT2D eigenvalue weighted by Gasteiger charge is -2.16. The Labute approximate surface area is 119 Å². The maximum absolute atomic E-state index is 11.7. The molecule has 0 aliphatic rings. The van der Waals surface area contributed by atoms with E-state index in [4.69, 9.17) is 4.42 Å². The van der Waals surface area contributed by atoms with Crippen molar-refractivity contribution in [3.8, 4) is 0 Å². The molecule has 106 valence electrons. The highest BCUT2D eigenvalue weighted by Crippen LogP contribution is 2.24. The number of benzene rings is 1. The van der Waals surface area contributed by atoms with Crippen LogP contribution in [0.3, 0.4) is 0 Å². The molecule has 1 atom stereocenters. The van der Waals surface area contributed by atoms with Crippen molar-refractivity contribution in [2.75, 3.05) is 12.4 Å². The molecule has 2 rings (SSSR count). The number of carbonyl (C=O) groups is 1. The molecule has 4 nitrogen and oxygen atoms in total. The minimum absolute atomic E-state index is 0.0438. The highest BCUT2D eigenvalue weighted by molar-refractivity contribution is 5.95. The van der Waals surface area contributed by atoms with Crippen LogP contribution < -0.4 is 10.6 Å². The average Bonchev–Trinajstić information content (AvgIpc) is 2.87. The molecular weight excluding hydrogens is 252 g/mol. The highest BCUT2D eigenvalue weighted by Gasteiger charge is 2.12. The largest absolute Gasteiger partial charge is 0.464 e. The lowest BCUT2D eigenvalue weighted by atomic mass is 10.1. The van der Waals surface area contributed by atoms with Gasteiger partial charge in [0.2, 0.25) is 0 Å². The smallest absolute Gasteiger partial charge is 0.251 e. The van der Waals surface area contributed by atoms with Gasteiger partial charge >= 0.3 is 0 Å². The van der Waals surface area contributed by atoms with Crippen LogP contribution >= 0.6 is 0 Å². The Kier molecular flexibility index (Phi) is 4.13. The van der Waals surface area contributed by atoms with Crippen LogP contribution in [-0.4, -0.2) is 13.0 Å². The quantitative estimate of drug-likeness (QED) is 0.896. The van der Waals surface area contributed by atoms with Gasteiger partial charge in [-0.1, -0.05) is 6.07 Å². The summed E-state index contributed by atoms with van der Waals surface area (Å²) >= 11 is 0. The van der Waals surface area contributed by atoms with Gasteiger partial charge in [0.05, 0.1) is 6.04 Å². The van der Waals surface area contributed by atoms with Gasteiger partial charge in [0.1, 0.15) is 11.5 Å². The molecule has 0 fully saturated rings. The van der Waals surface area contributed by atoms with Crippen LogP contribution in [0.2, 0.25) is 0 Å². The predicted molar refractivity (Wildman–Crippen MR) is 80.1 cm³/mol. The van der Waals surface area contributed by atoms with E-state index in [0.717, 1.165) is 22.8 Å². The van der Waals surface area contributed by atoms with Crippen molar-refractivity contribution >= 4 is 11.6 Å². The molecule has 0 aliphatic carbocycles. The van der Waals surface area contributed by atoms with Crippen LogP contribution in [0.1, 0.15) is 40.4 Å². The summed E-state index contributed by atoms with van der Waals surface area (Å²) in [5.74, 6) is 1.69. The average molecular weight is 272 g/mol. The molecule has 0 saturated carbocycles. The second-order valence-corrected chi connectivity index (χ2v) is 4.92. The molecule has 0 radical (unpaired) electrons. The summed E-state index contributed by atoms with van der Waals surface area (Å²) in [6.07, 6.45) is 0. The van der Waals surface area contributed by atoms with E-state index in [1.54, 1.807) is 7.05 Å². The van der Waals surface area contributed by atoms with Gasteiger partial charge in [-0.2, -0.15) is 0 Å². The van der Waals surface area contributed by atoms with E-state index in [9.17, 15) is 4.79 Å². The zero-order chi connectivity index (χ0) is 14.7. The summed E-state index contributed by atoms with van der Waals surface area (Å²) in [4.78, 5) is 11.7. The fourth-order valence-corrected chi connectivity index (χ4v) is 2.05. The minimum atomic E-state index is -0.0884. The molecule has 4 heteroatoms. The second kappa shape index (κ2) is 5.82. The zero-order valence-corrected chi connectivity index (χ0v) is 12.3. The number of nitrogens with one attached hydrogen (secondary N) is 2. The molecule has 0 spiro atoms. The number of anilines is 1. The minimum Gasteiger partial charge on any atom is -0.464 e. The molecule has 2 aromatic rings. The first-order valence-electron chi connectivity index (χ1n) is 6.67. The SMILES string of the molecule is CNC(=O)c1ccc(C)c(NC(C)c2ccc(C)o2)c1. The molecule has 0 aliphatic heterocycles. The van der Waals surface area contributed by atoms with Gasteiger partial charge in [-0.3, -0.25) is 4.79 Å². The first-order chi connectivity index (χ1) is 9.51. The van der Waals surface area contributed by atoms with Crippen molar-refractivity contribution in [3.05, 3.63) is 53.0 Å². The molecule has 20 heavy (non-hydrogen) atoms. The summed E-state index contributed by atoms with van der Waals surface area (Å²) in [6.45, 7) is 5.97. The molecule has 1 unspecified atom stereocenters. The van der Waals surface area contributed by atoms with Crippen molar-refractivity contribution in [1.29, 1.82) is 0 Å². The third-order valence-electron chi connectivity index (χ3n) is 3.29. The van der Waals surface area contributed by atoms with Gasteiger partial charge in [-0.15, -0.1) is 0 Å². The Morgan fingerprint density at radius 1 is 1.20 bits per heavy atom. The molecule has 1 aromatic heterocycles. The molecule has 1 aromatic carbocycles. The van der Waals surface area contributed by atoms with Crippen LogP contribution in [0, 0.1) is 13.8 Å². The zero-order valence-electron chi connectivity index (χ0n) is 12.3. The van der Waals surface area contributed by atoms with Crippen LogP contribution in [-0.2, 0) is 0 Å². The van der Waals surface area contributed by atoms with E-state index in [2.05, 4.69) is 10.6 Å². The third-order valence-corrected chi connectivity index (χ3v) is 3.29. The van der Waals surface area contributed by atoms with Crippen LogP contribution in [0.25, 0.3) is 0 Å². The maximum Gasteiger partial charge on any atom is 0.251 e. The van der Waals surface area contributed by atoms with Crippen molar-refractivity contribution in [1.82, 2.24) is 5.32 Å². The first kappa shape index (κ1) is 14.2. The number of amides is 1. The number of hydrogen-bond donors (Lipinski definition) is 2. The van der Waals surface area contributed by atoms with Crippen molar-refractivity contribution in [2.24, 2.45) is 0 Å². The van der Waals surface area contributed by atoms with E-state index in [1.165, 1.54) is 0 Å². The predicted octanol–water partition coefficient (Wildman–Crippen LogP) is 3.43. The number of carbonyl (C=O) groups excluding carboxylic acids is 1. The van der Waals surface area contributed by atoms with Gasteiger partial charge < -0.3 is 15.1 Å². The highest BCUT2D eigenvalue weighted by atomic mass is 16.3. The van der Waals surface area contributed by atoms with E-state index in [-0.39, 0.29) is 11.9 Å². The first-order valence-corrected chi connectivity index (χ1v) is 6.67. The van der Waals surface area contributed by atoms with E-state index >= 15 is 0 Å². The van der Waals surface area contributed by atoms with Crippen molar-refractivity contribution in [2.45, 2.75) is 26.8 Å². The van der Waals surface area contributed by atoms with E-state index in [0.29, 0.717) is 5.56 Å². The fraction of sp³-hybridized carbons (Fsp3) is 0.312. The normalized spacial score (nSPS) is 12.0. The standard InChI is InChI=1S/C16H20N2O2/c1-10-5-7-13(16(19)17-4)9-14(10)18-12(3)15-8-6-11(2)20-15/h5-9,12,18H,1-4H3,(H,17,19). The Morgan fingerprint density at radius 2 is 1.95 bits per heavy atom. The van der Waals surface area contributed by atoms with Crippen LogP contribution in [0.5, 0.6) is 0 Å². The summed E-state index contributed by atoms with van der Waals surface area (Å²) in [5.41, 5.74) is 2.67. The Morgan fingerprint density at radius 3 is 2.55 bits per heavy atom. The number of hydrogen-bond acceptors (Lipinski definition) is 3. The van der Waals surface area contributed by atoms with Gasteiger partial charge in [0.15, 0.2) is 0 Å². The van der Waals surface area contributed by atoms with Gasteiger partial charge in [0.25, 0.3) is 5.91 Å². The van der Waals surface area contributed by atoms with E-state index in [1.807, 2.05) is 51.1 Å². The van der Waals surface area contributed by atoms with Gasteiger partial charge in [-0.25, -0.2) is 0 Å². The van der Waals surface area contributed by atoms with Crippen molar-refractivity contribution < 1.29 is 9.21 Å². The van der Waals surface area contributed by atoms with Crippen molar-refractivity contribution in [3.63, 3.8) is 0 Å². The number of aryl methyl sites for hydroxylation is 2. The molecule has 2 N–H and O–H groups in total. The Bertz CT molecular complexity index is 617. The second-order valence-electron chi connectivity index (χ2n) is 4.92. The monoisotopic (exact) mass is 272 g/mol. The molecular formula is C16H20N2O2. The summed E-state index contributed by atoms with van der Waals surface area (Å²) in [5, 5.41) is 6.02. The Balaban J connectivity index is 2.22. The molecule has 0 saturated heterocycles. The number of furan rings is 1. The third kappa shape index (κ3) is 3.02. The van der Waals surface area contributed by atoms with Gasteiger partial charge in [-0.05, 0) is 50.6 Å². The van der Waals surface area contributed by atoms with E-state index < -0.39 is 0 Å². The van der Waals surface area contributed by atoms with Gasteiger partial charge in [0, 0.05) is 18.3 Å². The lowest BCUT2D eigenvalue weighted by molar-refractivity contribution is 0.0963. The lowest BCUT2D eigenvalue weighted by Crippen LogP contribution is -2.18. The molecule has 1 heterocycles.